The van der Waals surface area contributed by atoms with Crippen LogP contribution in [0.5, 0.6) is 0 Å². The molecular formula is C13H27NO. The summed E-state index contributed by atoms with van der Waals surface area (Å²) < 4.78 is 5.98. The molecule has 0 aromatic carbocycles. The third-order valence-electron chi connectivity index (χ3n) is 3.98. The Labute approximate surface area is 94.8 Å². The molecule has 1 fully saturated rings. The van der Waals surface area contributed by atoms with Gasteiger partial charge in [0.2, 0.25) is 0 Å². The molecule has 0 amide bonds. The molecule has 2 nitrogen and oxygen atoms in total. The van der Waals surface area contributed by atoms with Crippen molar-refractivity contribution in [3.63, 3.8) is 0 Å². The molecule has 1 aliphatic rings. The monoisotopic (exact) mass is 213 g/mol. The fourth-order valence-corrected chi connectivity index (χ4v) is 2.31. The van der Waals surface area contributed by atoms with E-state index in [0.717, 1.165) is 24.9 Å². The van der Waals surface area contributed by atoms with E-state index >= 15 is 0 Å². The Morgan fingerprint density at radius 3 is 2.53 bits per heavy atom. The third kappa shape index (κ3) is 4.12. The van der Waals surface area contributed by atoms with Crippen molar-refractivity contribution < 1.29 is 4.74 Å². The molecule has 0 heterocycles. The van der Waals surface area contributed by atoms with E-state index in [0.29, 0.717) is 12.1 Å². The molecule has 0 radical (unpaired) electrons. The Balaban J connectivity index is 2.22. The maximum atomic E-state index is 5.98. The molecule has 1 N–H and O–H groups in total. The van der Waals surface area contributed by atoms with Crippen molar-refractivity contribution in [2.24, 2.45) is 11.8 Å². The molecule has 0 spiro atoms. The van der Waals surface area contributed by atoms with Crippen molar-refractivity contribution >= 4 is 0 Å². The summed E-state index contributed by atoms with van der Waals surface area (Å²) >= 11 is 0. The average Bonchev–Trinajstić information content (AvgIpc) is 2.24. The van der Waals surface area contributed by atoms with E-state index in [4.69, 9.17) is 4.74 Å². The maximum Gasteiger partial charge on any atom is 0.0623 e. The summed E-state index contributed by atoms with van der Waals surface area (Å²) in [6, 6.07) is 0.527. The number of likely N-dealkylation sites (N-methyl/N-ethyl adjacent to an activating group) is 1. The highest BCUT2D eigenvalue weighted by Crippen LogP contribution is 2.30. The predicted molar refractivity (Wildman–Crippen MR) is 65.1 cm³/mol. The van der Waals surface area contributed by atoms with E-state index in [2.05, 4.69) is 26.1 Å². The highest BCUT2D eigenvalue weighted by molar-refractivity contribution is 4.76. The van der Waals surface area contributed by atoms with Crippen molar-refractivity contribution in [1.29, 1.82) is 0 Å². The van der Waals surface area contributed by atoms with E-state index in [1.165, 1.54) is 19.3 Å². The van der Waals surface area contributed by atoms with E-state index in [9.17, 15) is 0 Å². The predicted octanol–water partition coefficient (Wildman–Crippen LogP) is 2.83. The molecule has 1 aliphatic carbocycles. The van der Waals surface area contributed by atoms with E-state index in [1.54, 1.807) is 0 Å². The number of ether oxygens (including phenoxy) is 1. The van der Waals surface area contributed by atoms with Gasteiger partial charge in [0.05, 0.1) is 12.7 Å². The van der Waals surface area contributed by atoms with Crippen LogP contribution in [-0.4, -0.2) is 25.8 Å². The standard InChI is InChI=1S/C13H27NO/c1-5-12(14-4)9-15-13-7-6-10(2)11(3)8-13/h10-14H,5-9H2,1-4H3. The molecule has 0 aromatic rings. The van der Waals surface area contributed by atoms with Gasteiger partial charge in [-0.1, -0.05) is 20.8 Å². The summed E-state index contributed by atoms with van der Waals surface area (Å²) in [6.07, 6.45) is 5.50. The zero-order chi connectivity index (χ0) is 11.3. The lowest BCUT2D eigenvalue weighted by Crippen LogP contribution is -2.34. The van der Waals surface area contributed by atoms with Gasteiger partial charge in [0, 0.05) is 6.04 Å². The normalized spacial score (nSPS) is 34.0. The number of rotatable bonds is 5. The lowest BCUT2D eigenvalue weighted by atomic mass is 9.80. The fourth-order valence-electron chi connectivity index (χ4n) is 2.31. The Bertz CT molecular complexity index is 168. The average molecular weight is 213 g/mol. The lowest BCUT2D eigenvalue weighted by molar-refractivity contribution is -0.00686. The first kappa shape index (κ1) is 13.0. The van der Waals surface area contributed by atoms with Crippen molar-refractivity contribution in [3.05, 3.63) is 0 Å². The summed E-state index contributed by atoms with van der Waals surface area (Å²) in [7, 11) is 2.02. The second kappa shape index (κ2) is 6.49. The van der Waals surface area contributed by atoms with Crippen LogP contribution < -0.4 is 5.32 Å². The lowest BCUT2D eigenvalue weighted by Gasteiger charge is -2.32. The van der Waals surface area contributed by atoms with Gasteiger partial charge in [0.1, 0.15) is 0 Å². The van der Waals surface area contributed by atoms with Crippen LogP contribution in [-0.2, 0) is 4.74 Å². The van der Waals surface area contributed by atoms with Crippen LogP contribution in [0.4, 0.5) is 0 Å². The Hall–Kier alpha value is -0.0800. The fraction of sp³-hybridized carbons (Fsp3) is 1.00. The first-order chi connectivity index (χ1) is 7.17. The first-order valence-corrected chi connectivity index (χ1v) is 6.46. The van der Waals surface area contributed by atoms with Gasteiger partial charge in [-0.2, -0.15) is 0 Å². The first-order valence-electron chi connectivity index (χ1n) is 6.46. The number of hydrogen-bond donors (Lipinski definition) is 1. The molecule has 4 unspecified atom stereocenters. The molecule has 15 heavy (non-hydrogen) atoms. The molecule has 2 heteroatoms. The molecule has 1 rings (SSSR count). The summed E-state index contributed by atoms with van der Waals surface area (Å²) in [4.78, 5) is 0. The summed E-state index contributed by atoms with van der Waals surface area (Å²) in [5, 5.41) is 3.29. The van der Waals surface area contributed by atoms with Crippen molar-refractivity contribution in [2.75, 3.05) is 13.7 Å². The van der Waals surface area contributed by atoms with E-state index < -0.39 is 0 Å². The quantitative estimate of drug-likeness (QED) is 0.758. The van der Waals surface area contributed by atoms with Gasteiger partial charge in [-0.05, 0) is 44.6 Å². The number of hydrogen-bond acceptors (Lipinski definition) is 2. The van der Waals surface area contributed by atoms with Gasteiger partial charge in [-0.25, -0.2) is 0 Å². The maximum absolute atomic E-state index is 5.98. The minimum absolute atomic E-state index is 0.513. The summed E-state index contributed by atoms with van der Waals surface area (Å²) in [5.74, 6) is 1.72. The Kier molecular flexibility index (Phi) is 5.62. The van der Waals surface area contributed by atoms with Gasteiger partial charge in [0.15, 0.2) is 0 Å². The Morgan fingerprint density at radius 2 is 2.00 bits per heavy atom. The largest absolute Gasteiger partial charge is 0.377 e. The minimum atomic E-state index is 0.513. The molecule has 0 aromatic heterocycles. The topological polar surface area (TPSA) is 21.3 Å². The molecule has 90 valence electrons. The van der Waals surface area contributed by atoms with Crippen molar-refractivity contribution in [2.45, 2.75) is 58.6 Å². The molecule has 4 atom stereocenters. The van der Waals surface area contributed by atoms with Gasteiger partial charge < -0.3 is 10.1 Å². The van der Waals surface area contributed by atoms with Crippen LogP contribution in [0.3, 0.4) is 0 Å². The SMILES string of the molecule is CCC(COC1CCC(C)C(C)C1)NC. The van der Waals surface area contributed by atoms with E-state index in [1.807, 2.05) is 7.05 Å². The molecule has 0 bridgehead atoms. The van der Waals surface area contributed by atoms with Crippen molar-refractivity contribution in [3.8, 4) is 0 Å². The summed E-state index contributed by atoms with van der Waals surface area (Å²) in [5.41, 5.74) is 0. The van der Waals surface area contributed by atoms with Gasteiger partial charge in [-0.3, -0.25) is 0 Å². The second-order valence-corrected chi connectivity index (χ2v) is 5.12. The van der Waals surface area contributed by atoms with Crippen LogP contribution in [0.2, 0.25) is 0 Å². The van der Waals surface area contributed by atoms with E-state index in [-0.39, 0.29) is 0 Å². The van der Waals surface area contributed by atoms with Gasteiger partial charge in [0.25, 0.3) is 0 Å². The highest BCUT2D eigenvalue weighted by atomic mass is 16.5. The molecular weight excluding hydrogens is 186 g/mol. The molecule has 0 aliphatic heterocycles. The smallest absolute Gasteiger partial charge is 0.0623 e. The zero-order valence-electron chi connectivity index (χ0n) is 10.8. The third-order valence-corrected chi connectivity index (χ3v) is 3.98. The summed E-state index contributed by atoms with van der Waals surface area (Å²) in [6.45, 7) is 7.80. The van der Waals surface area contributed by atoms with Gasteiger partial charge >= 0.3 is 0 Å². The second-order valence-electron chi connectivity index (χ2n) is 5.12. The van der Waals surface area contributed by atoms with Crippen LogP contribution in [0.25, 0.3) is 0 Å². The zero-order valence-corrected chi connectivity index (χ0v) is 10.8. The Morgan fingerprint density at radius 1 is 1.27 bits per heavy atom. The number of nitrogens with one attached hydrogen (secondary N) is 1. The minimum Gasteiger partial charge on any atom is -0.377 e. The van der Waals surface area contributed by atoms with Crippen LogP contribution in [0, 0.1) is 11.8 Å². The van der Waals surface area contributed by atoms with Gasteiger partial charge in [-0.15, -0.1) is 0 Å². The van der Waals surface area contributed by atoms with Crippen molar-refractivity contribution in [1.82, 2.24) is 5.32 Å². The molecule has 0 saturated heterocycles. The molecule has 1 saturated carbocycles. The van der Waals surface area contributed by atoms with Crippen LogP contribution in [0.1, 0.15) is 46.5 Å². The van der Waals surface area contributed by atoms with Crippen LogP contribution >= 0.6 is 0 Å². The van der Waals surface area contributed by atoms with Crippen LogP contribution in [0.15, 0.2) is 0 Å². The highest BCUT2D eigenvalue weighted by Gasteiger charge is 2.25.